The maximum atomic E-state index is 12.1. The SMILES string of the molecule is NC(=O)c1ccc(OC(=O)[C@H]2COc3ccccc3O2)cc1. The van der Waals surface area contributed by atoms with Crippen molar-refractivity contribution in [2.75, 3.05) is 6.61 Å². The van der Waals surface area contributed by atoms with Gasteiger partial charge < -0.3 is 19.9 Å². The molecule has 6 heteroatoms. The van der Waals surface area contributed by atoms with Gasteiger partial charge in [-0.05, 0) is 36.4 Å². The third-order valence-electron chi connectivity index (χ3n) is 3.13. The molecule has 0 spiro atoms. The molecule has 1 atom stereocenters. The number of fused-ring (bicyclic) bond motifs is 1. The smallest absolute Gasteiger partial charge is 0.356 e. The number of esters is 1. The zero-order valence-electron chi connectivity index (χ0n) is 11.5. The molecule has 0 aliphatic carbocycles. The molecule has 1 heterocycles. The average molecular weight is 299 g/mol. The highest BCUT2D eigenvalue weighted by Crippen LogP contribution is 2.31. The van der Waals surface area contributed by atoms with Crippen LogP contribution in [-0.4, -0.2) is 24.6 Å². The van der Waals surface area contributed by atoms with Gasteiger partial charge in [0.2, 0.25) is 12.0 Å². The fourth-order valence-electron chi connectivity index (χ4n) is 2.00. The second-order valence-corrected chi connectivity index (χ2v) is 4.67. The Morgan fingerprint density at radius 2 is 1.73 bits per heavy atom. The van der Waals surface area contributed by atoms with Gasteiger partial charge in [-0.25, -0.2) is 4.79 Å². The first-order valence-corrected chi connectivity index (χ1v) is 6.63. The zero-order valence-corrected chi connectivity index (χ0v) is 11.5. The van der Waals surface area contributed by atoms with E-state index in [1.807, 2.05) is 6.07 Å². The van der Waals surface area contributed by atoms with Crippen LogP contribution in [0.1, 0.15) is 10.4 Å². The Labute approximate surface area is 126 Å². The first kappa shape index (κ1) is 13.9. The second-order valence-electron chi connectivity index (χ2n) is 4.67. The summed E-state index contributed by atoms with van der Waals surface area (Å²) >= 11 is 0. The molecule has 2 aromatic carbocycles. The Bertz CT molecular complexity index is 711. The third kappa shape index (κ3) is 2.85. The Kier molecular flexibility index (Phi) is 3.65. The van der Waals surface area contributed by atoms with Crippen LogP contribution < -0.4 is 19.9 Å². The molecule has 0 unspecified atom stereocenters. The molecule has 2 aromatic rings. The minimum atomic E-state index is -0.842. The number of benzene rings is 2. The first-order chi connectivity index (χ1) is 10.6. The number of ether oxygens (including phenoxy) is 3. The van der Waals surface area contributed by atoms with Gasteiger partial charge in [-0.15, -0.1) is 0 Å². The average Bonchev–Trinajstić information content (AvgIpc) is 2.55. The van der Waals surface area contributed by atoms with Gasteiger partial charge in [-0.1, -0.05) is 12.1 Å². The topological polar surface area (TPSA) is 87.9 Å². The molecule has 2 N–H and O–H groups in total. The highest BCUT2D eigenvalue weighted by Gasteiger charge is 2.29. The van der Waals surface area contributed by atoms with E-state index >= 15 is 0 Å². The summed E-state index contributed by atoms with van der Waals surface area (Å²) in [5, 5.41) is 0. The van der Waals surface area contributed by atoms with E-state index < -0.39 is 18.0 Å². The van der Waals surface area contributed by atoms with Crippen molar-refractivity contribution < 1.29 is 23.8 Å². The van der Waals surface area contributed by atoms with Crippen LogP contribution in [-0.2, 0) is 4.79 Å². The molecular formula is C16H13NO5. The predicted molar refractivity (Wildman–Crippen MR) is 76.9 cm³/mol. The second kappa shape index (κ2) is 5.77. The van der Waals surface area contributed by atoms with Crippen molar-refractivity contribution in [3.8, 4) is 17.2 Å². The molecule has 6 nitrogen and oxygen atoms in total. The lowest BCUT2D eigenvalue weighted by atomic mass is 10.2. The van der Waals surface area contributed by atoms with Crippen molar-refractivity contribution in [2.45, 2.75) is 6.10 Å². The van der Waals surface area contributed by atoms with Gasteiger partial charge in [0.25, 0.3) is 0 Å². The fraction of sp³-hybridized carbons (Fsp3) is 0.125. The normalized spacial score (nSPS) is 15.9. The van der Waals surface area contributed by atoms with Gasteiger partial charge in [-0.2, -0.15) is 0 Å². The van der Waals surface area contributed by atoms with E-state index in [-0.39, 0.29) is 6.61 Å². The number of nitrogens with two attached hydrogens (primary N) is 1. The van der Waals surface area contributed by atoms with E-state index in [9.17, 15) is 9.59 Å². The maximum absolute atomic E-state index is 12.1. The van der Waals surface area contributed by atoms with Crippen molar-refractivity contribution >= 4 is 11.9 Å². The molecular weight excluding hydrogens is 286 g/mol. The van der Waals surface area contributed by atoms with E-state index in [0.717, 1.165) is 0 Å². The molecule has 22 heavy (non-hydrogen) atoms. The lowest BCUT2D eigenvalue weighted by Crippen LogP contribution is -2.39. The summed E-state index contributed by atoms with van der Waals surface area (Å²) < 4.78 is 16.2. The highest BCUT2D eigenvalue weighted by atomic mass is 16.6. The monoisotopic (exact) mass is 299 g/mol. The lowest BCUT2D eigenvalue weighted by molar-refractivity contribution is -0.144. The molecule has 0 bridgehead atoms. The third-order valence-corrected chi connectivity index (χ3v) is 3.13. The van der Waals surface area contributed by atoms with Crippen LogP contribution in [0.4, 0.5) is 0 Å². The number of amides is 1. The van der Waals surface area contributed by atoms with E-state index in [4.69, 9.17) is 19.9 Å². The zero-order chi connectivity index (χ0) is 15.5. The van der Waals surface area contributed by atoms with Crippen LogP contribution >= 0.6 is 0 Å². The fourth-order valence-corrected chi connectivity index (χ4v) is 2.00. The summed E-state index contributed by atoms with van der Waals surface area (Å²) in [5.41, 5.74) is 5.48. The van der Waals surface area contributed by atoms with Gasteiger partial charge in [0.15, 0.2) is 11.5 Å². The standard InChI is InChI=1S/C16H13NO5/c17-15(18)10-5-7-11(8-6-10)21-16(19)14-9-20-12-3-1-2-4-13(12)22-14/h1-8,14H,9H2,(H2,17,18)/t14-/m1/s1. The Morgan fingerprint density at radius 3 is 2.41 bits per heavy atom. The molecule has 0 saturated carbocycles. The van der Waals surface area contributed by atoms with E-state index in [1.165, 1.54) is 24.3 Å². The van der Waals surface area contributed by atoms with Gasteiger partial charge in [-0.3, -0.25) is 4.79 Å². The van der Waals surface area contributed by atoms with Crippen molar-refractivity contribution in [2.24, 2.45) is 5.73 Å². The number of hydrogen-bond donors (Lipinski definition) is 1. The number of rotatable bonds is 3. The first-order valence-electron chi connectivity index (χ1n) is 6.63. The number of primary amides is 1. The van der Waals surface area contributed by atoms with Crippen molar-refractivity contribution in [3.05, 3.63) is 54.1 Å². The minimum absolute atomic E-state index is 0.0786. The van der Waals surface area contributed by atoms with Crippen LogP contribution in [0.25, 0.3) is 0 Å². The van der Waals surface area contributed by atoms with E-state index in [2.05, 4.69) is 0 Å². The van der Waals surface area contributed by atoms with Gasteiger partial charge in [0.1, 0.15) is 12.4 Å². The van der Waals surface area contributed by atoms with E-state index in [1.54, 1.807) is 18.2 Å². The Balaban J connectivity index is 1.66. The maximum Gasteiger partial charge on any atom is 0.356 e. The van der Waals surface area contributed by atoms with Gasteiger partial charge in [0, 0.05) is 5.56 Å². The van der Waals surface area contributed by atoms with Crippen LogP contribution in [0, 0.1) is 0 Å². The van der Waals surface area contributed by atoms with Crippen LogP contribution in [0.15, 0.2) is 48.5 Å². The summed E-state index contributed by atoms with van der Waals surface area (Å²) in [6, 6.07) is 13.1. The number of hydrogen-bond acceptors (Lipinski definition) is 5. The van der Waals surface area contributed by atoms with Gasteiger partial charge >= 0.3 is 5.97 Å². The molecule has 1 aliphatic rings. The highest BCUT2D eigenvalue weighted by molar-refractivity contribution is 5.92. The Hall–Kier alpha value is -3.02. The molecule has 1 aliphatic heterocycles. The molecule has 0 fully saturated rings. The van der Waals surface area contributed by atoms with Crippen molar-refractivity contribution in [1.29, 1.82) is 0 Å². The van der Waals surface area contributed by atoms with Crippen molar-refractivity contribution in [1.82, 2.24) is 0 Å². The van der Waals surface area contributed by atoms with Crippen LogP contribution in [0.2, 0.25) is 0 Å². The molecule has 1 amide bonds. The summed E-state index contributed by atoms with van der Waals surface area (Å²) in [6.45, 7) is 0.0786. The number of para-hydroxylation sites is 2. The molecule has 0 saturated heterocycles. The molecule has 0 aromatic heterocycles. The minimum Gasteiger partial charge on any atom is -0.485 e. The van der Waals surface area contributed by atoms with Crippen LogP contribution in [0.3, 0.4) is 0 Å². The largest absolute Gasteiger partial charge is 0.485 e. The number of carbonyl (C=O) groups excluding carboxylic acids is 2. The predicted octanol–water partition coefficient (Wildman–Crippen LogP) is 1.53. The molecule has 3 rings (SSSR count). The summed E-state index contributed by atoms with van der Waals surface area (Å²) in [4.78, 5) is 23.1. The van der Waals surface area contributed by atoms with Crippen LogP contribution in [0.5, 0.6) is 17.2 Å². The molecule has 0 radical (unpaired) electrons. The lowest BCUT2D eigenvalue weighted by Gasteiger charge is -2.24. The molecule has 112 valence electrons. The summed E-state index contributed by atoms with van der Waals surface area (Å²) in [6.07, 6.45) is -0.842. The number of carbonyl (C=O) groups is 2. The quantitative estimate of drug-likeness (QED) is 0.686. The van der Waals surface area contributed by atoms with E-state index in [0.29, 0.717) is 22.8 Å². The summed E-state index contributed by atoms with van der Waals surface area (Å²) in [5.74, 6) is 0.287. The summed E-state index contributed by atoms with van der Waals surface area (Å²) in [7, 11) is 0. The van der Waals surface area contributed by atoms with Crippen molar-refractivity contribution in [3.63, 3.8) is 0 Å². The van der Waals surface area contributed by atoms with Gasteiger partial charge in [0.05, 0.1) is 0 Å². The Morgan fingerprint density at radius 1 is 1.05 bits per heavy atom.